The van der Waals surface area contributed by atoms with Gasteiger partial charge in [0, 0.05) is 36.7 Å². The quantitative estimate of drug-likeness (QED) is 0.882. The van der Waals surface area contributed by atoms with Gasteiger partial charge in [0.1, 0.15) is 5.82 Å². The first-order chi connectivity index (χ1) is 12.5. The number of piperidine rings is 1. The number of urea groups is 1. The summed E-state index contributed by atoms with van der Waals surface area (Å²) in [5.74, 6) is 0.937. The fourth-order valence-electron chi connectivity index (χ4n) is 3.70. The van der Waals surface area contributed by atoms with Crippen molar-refractivity contribution in [2.24, 2.45) is 0 Å². The van der Waals surface area contributed by atoms with Crippen molar-refractivity contribution in [1.29, 1.82) is 0 Å². The number of aromatic amines is 1. The highest BCUT2D eigenvalue weighted by molar-refractivity contribution is 5.74. The molecule has 7 heteroatoms. The molecule has 1 saturated heterocycles. The van der Waals surface area contributed by atoms with E-state index in [1.54, 1.807) is 6.20 Å². The van der Waals surface area contributed by atoms with Crippen LogP contribution in [0, 0.1) is 13.8 Å². The van der Waals surface area contributed by atoms with Crippen molar-refractivity contribution < 1.29 is 4.79 Å². The molecule has 1 unspecified atom stereocenters. The highest BCUT2D eigenvalue weighted by Crippen LogP contribution is 2.30. The molecule has 1 aliphatic heterocycles. The first-order valence-corrected chi connectivity index (χ1v) is 9.26. The average molecular weight is 357 g/mol. The Hall–Kier alpha value is -2.57. The molecule has 3 rings (SSSR count). The average Bonchev–Trinajstić information content (AvgIpc) is 3.09. The van der Waals surface area contributed by atoms with Crippen molar-refractivity contribution in [1.82, 2.24) is 24.8 Å². The summed E-state index contributed by atoms with van der Waals surface area (Å²) in [6.45, 7) is 7.59. The van der Waals surface area contributed by atoms with E-state index in [1.807, 2.05) is 31.0 Å². The molecule has 140 valence electrons. The zero-order valence-corrected chi connectivity index (χ0v) is 15.7. The number of likely N-dealkylation sites (tertiary alicyclic amines) is 1. The Morgan fingerprint density at radius 3 is 2.92 bits per heavy atom. The van der Waals surface area contributed by atoms with E-state index in [0.29, 0.717) is 12.1 Å². The second kappa shape index (κ2) is 7.76. The number of aromatic nitrogens is 3. The monoisotopic (exact) mass is 357 g/mol. The van der Waals surface area contributed by atoms with Crippen molar-refractivity contribution in [3.05, 3.63) is 51.5 Å². The molecule has 0 bridgehead atoms. The maximum absolute atomic E-state index is 12.8. The van der Waals surface area contributed by atoms with Crippen molar-refractivity contribution in [3.8, 4) is 0 Å². The number of carbonyl (C=O) groups excluding carboxylic acids is 1. The Morgan fingerprint density at radius 1 is 1.38 bits per heavy atom. The maximum atomic E-state index is 12.8. The molecule has 26 heavy (non-hydrogen) atoms. The molecule has 0 aromatic carbocycles. The summed E-state index contributed by atoms with van der Waals surface area (Å²) >= 11 is 0. The minimum absolute atomic E-state index is 0.0175. The minimum atomic E-state index is -0.139. The smallest absolute Gasteiger partial charge is 0.318 e. The normalized spacial score (nSPS) is 17.3. The summed E-state index contributed by atoms with van der Waals surface area (Å²) < 4.78 is 2.09. The topological polar surface area (TPSA) is 83.0 Å². The fourth-order valence-corrected chi connectivity index (χ4v) is 3.70. The largest absolute Gasteiger partial charge is 0.334 e. The van der Waals surface area contributed by atoms with Gasteiger partial charge in [0.25, 0.3) is 5.56 Å². The molecule has 1 fully saturated rings. The van der Waals surface area contributed by atoms with Gasteiger partial charge in [-0.1, -0.05) is 0 Å². The lowest BCUT2D eigenvalue weighted by molar-refractivity contribution is 0.145. The molecule has 2 N–H and O–H groups in total. The number of aryl methyl sites for hydroxylation is 3. The number of nitrogens with one attached hydrogen (secondary N) is 2. The Morgan fingerprint density at radius 2 is 2.19 bits per heavy atom. The maximum Gasteiger partial charge on any atom is 0.318 e. The predicted molar refractivity (Wildman–Crippen MR) is 100.0 cm³/mol. The van der Waals surface area contributed by atoms with Crippen LogP contribution in [-0.2, 0) is 13.1 Å². The van der Waals surface area contributed by atoms with Crippen molar-refractivity contribution in [2.75, 3.05) is 6.54 Å². The SMILES string of the molecule is CCn1ccnc1C1CCCCN1C(=O)NCc1c(C)cc(C)[nH]c1=O. The number of rotatable bonds is 4. The Balaban J connectivity index is 1.75. The van der Waals surface area contributed by atoms with Crippen LogP contribution in [-0.4, -0.2) is 32.0 Å². The van der Waals surface area contributed by atoms with Gasteiger partial charge in [0.2, 0.25) is 0 Å². The fraction of sp³-hybridized carbons (Fsp3) is 0.526. The zero-order chi connectivity index (χ0) is 18.7. The number of hydrogen-bond acceptors (Lipinski definition) is 3. The van der Waals surface area contributed by atoms with Gasteiger partial charge in [0.15, 0.2) is 0 Å². The molecular formula is C19H27N5O2. The third-order valence-electron chi connectivity index (χ3n) is 5.06. The lowest BCUT2D eigenvalue weighted by atomic mass is 10.0. The highest BCUT2D eigenvalue weighted by atomic mass is 16.2. The van der Waals surface area contributed by atoms with Crippen LogP contribution in [0.25, 0.3) is 0 Å². The van der Waals surface area contributed by atoms with E-state index in [9.17, 15) is 9.59 Å². The van der Waals surface area contributed by atoms with Crippen LogP contribution in [0.2, 0.25) is 0 Å². The molecule has 1 aliphatic rings. The summed E-state index contributed by atoms with van der Waals surface area (Å²) in [4.78, 5) is 34.1. The first kappa shape index (κ1) is 18.2. The van der Waals surface area contributed by atoms with Crippen molar-refractivity contribution >= 4 is 6.03 Å². The van der Waals surface area contributed by atoms with E-state index in [1.165, 1.54) is 0 Å². The Bertz CT molecular complexity index is 839. The first-order valence-electron chi connectivity index (χ1n) is 9.26. The molecule has 0 spiro atoms. The number of imidazole rings is 1. The van der Waals surface area contributed by atoms with Gasteiger partial charge in [0.05, 0.1) is 12.6 Å². The standard InChI is InChI=1S/C19H27N5O2/c1-4-23-10-8-20-17(23)16-7-5-6-9-24(16)19(26)21-12-15-13(2)11-14(3)22-18(15)25/h8,10-11,16H,4-7,9,12H2,1-3H3,(H,21,26)(H,22,25). The summed E-state index contributed by atoms with van der Waals surface area (Å²) in [6, 6.07) is 1.76. The molecule has 2 aromatic rings. The summed E-state index contributed by atoms with van der Waals surface area (Å²) in [7, 11) is 0. The van der Waals surface area contributed by atoms with E-state index in [0.717, 1.165) is 42.9 Å². The van der Waals surface area contributed by atoms with Crippen LogP contribution >= 0.6 is 0 Å². The van der Waals surface area contributed by atoms with Crippen LogP contribution < -0.4 is 10.9 Å². The Kier molecular flexibility index (Phi) is 5.44. The molecule has 2 aromatic heterocycles. The molecular weight excluding hydrogens is 330 g/mol. The molecule has 1 atom stereocenters. The van der Waals surface area contributed by atoms with E-state index < -0.39 is 0 Å². The van der Waals surface area contributed by atoms with Crippen LogP contribution in [0.5, 0.6) is 0 Å². The molecule has 0 radical (unpaired) electrons. The third-order valence-corrected chi connectivity index (χ3v) is 5.06. The van der Waals surface area contributed by atoms with Crippen LogP contribution in [0.3, 0.4) is 0 Å². The zero-order valence-electron chi connectivity index (χ0n) is 15.7. The van der Waals surface area contributed by atoms with Gasteiger partial charge in [-0.25, -0.2) is 9.78 Å². The molecule has 3 heterocycles. The van der Waals surface area contributed by atoms with Crippen molar-refractivity contribution in [3.63, 3.8) is 0 Å². The van der Waals surface area contributed by atoms with E-state index in [2.05, 4.69) is 26.8 Å². The van der Waals surface area contributed by atoms with Crippen LogP contribution in [0.4, 0.5) is 4.79 Å². The van der Waals surface area contributed by atoms with Gasteiger partial charge in [-0.3, -0.25) is 4.79 Å². The molecule has 7 nitrogen and oxygen atoms in total. The Labute approximate surface area is 153 Å². The molecule has 2 amide bonds. The second-order valence-corrected chi connectivity index (χ2v) is 6.88. The van der Waals surface area contributed by atoms with Gasteiger partial charge in [-0.15, -0.1) is 0 Å². The third kappa shape index (κ3) is 3.66. The van der Waals surface area contributed by atoms with Gasteiger partial charge in [-0.2, -0.15) is 0 Å². The van der Waals surface area contributed by atoms with Crippen LogP contribution in [0.15, 0.2) is 23.3 Å². The van der Waals surface area contributed by atoms with E-state index in [-0.39, 0.29) is 24.2 Å². The summed E-state index contributed by atoms with van der Waals surface area (Å²) in [6.07, 6.45) is 6.73. The number of pyridine rings is 1. The summed E-state index contributed by atoms with van der Waals surface area (Å²) in [5, 5.41) is 2.93. The number of H-pyrrole nitrogens is 1. The molecule has 0 saturated carbocycles. The number of hydrogen-bond donors (Lipinski definition) is 2. The molecule has 0 aliphatic carbocycles. The second-order valence-electron chi connectivity index (χ2n) is 6.88. The lowest BCUT2D eigenvalue weighted by Crippen LogP contribution is -2.45. The van der Waals surface area contributed by atoms with Crippen LogP contribution in [0.1, 0.15) is 54.9 Å². The van der Waals surface area contributed by atoms with Gasteiger partial charge < -0.3 is 19.8 Å². The number of carbonyl (C=O) groups is 1. The van der Waals surface area contributed by atoms with Crippen molar-refractivity contribution in [2.45, 2.75) is 59.2 Å². The minimum Gasteiger partial charge on any atom is -0.334 e. The number of nitrogens with zero attached hydrogens (tertiary/aromatic N) is 3. The van der Waals surface area contributed by atoms with E-state index >= 15 is 0 Å². The summed E-state index contributed by atoms with van der Waals surface area (Å²) in [5.41, 5.74) is 2.18. The predicted octanol–water partition coefficient (Wildman–Crippen LogP) is 2.64. The van der Waals surface area contributed by atoms with Gasteiger partial charge in [-0.05, 0) is 51.7 Å². The number of amides is 2. The highest BCUT2D eigenvalue weighted by Gasteiger charge is 2.30. The lowest BCUT2D eigenvalue weighted by Gasteiger charge is -2.35. The van der Waals surface area contributed by atoms with Gasteiger partial charge >= 0.3 is 6.03 Å². The van der Waals surface area contributed by atoms with E-state index in [4.69, 9.17) is 0 Å².